The summed E-state index contributed by atoms with van der Waals surface area (Å²) >= 11 is 1.71. The average molecular weight is 329 g/mol. The summed E-state index contributed by atoms with van der Waals surface area (Å²) in [7, 11) is 3.40. The lowest BCUT2D eigenvalue weighted by Gasteiger charge is -2.20. The first-order valence-electron chi connectivity index (χ1n) is 6.57. The van der Waals surface area contributed by atoms with Gasteiger partial charge in [0.1, 0.15) is 0 Å². The molecule has 1 unspecified atom stereocenters. The summed E-state index contributed by atoms with van der Waals surface area (Å²) in [6.07, 6.45) is 0.120. The minimum absolute atomic E-state index is 0. The molecule has 0 radical (unpaired) electrons. The maximum Gasteiger partial charge on any atom is 0.225 e. The second-order valence-corrected chi connectivity index (χ2v) is 5.72. The normalized spacial score (nSPS) is 12.0. The molecule has 6 heteroatoms. The van der Waals surface area contributed by atoms with Crippen molar-refractivity contribution in [3.8, 4) is 0 Å². The number of amides is 1. The van der Waals surface area contributed by atoms with Gasteiger partial charge in [0, 0.05) is 31.9 Å². The number of nitrogens with zero attached hydrogens (tertiary/aromatic N) is 1. The highest BCUT2D eigenvalue weighted by molar-refractivity contribution is 7.17. The molecule has 1 amide bonds. The van der Waals surface area contributed by atoms with Gasteiger partial charge < -0.3 is 15.4 Å². The molecule has 0 aliphatic heterocycles. The monoisotopic (exact) mass is 328 g/mol. The molecule has 1 aromatic carbocycles. The van der Waals surface area contributed by atoms with Crippen LogP contribution in [-0.4, -0.2) is 37.6 Å². The highest BCUT2D eigenvalue weighted by atomic mass is 35.5. The van der Waals surface area contributed by atoms with Crippen molar-refractivity contribution in [2.24, 2.45) is 5.73 Å². The third-order valence-corrected chi connectivity index (χ3v) is 4.41. The van der Waals surface area contributed by atoms with E-state index in [1.165, 1.54) is 15.6 Å². The molecular weight excluding hydrogens is 308 g/mol. The number of methoxy groups -OCH3 is 1. The molecule has 0 aliphatic carbocycles. The van der Waals surface area contributed by atoms with E-state index in [2.05, 4.69) is 17.5 Å². The molecule has 4 nitrogen and oxygen atoms in total. The first-order valence-corrected chi connectivity index (χ1v) is 7.45. The molecular formula is C15H21ClN2O2S. The van der Waals surface area contributed by atoms with Gasteiger partial charge in [0.05, 0.1) is 12.5 Å². The Hall–Kier alpha value is -1.14. The number of nitrogens with two attached hydrogens (primary N) is 1. The first-order chi connectivity index (χ1) is 9.65. The van der Waals surface area contributed by atoms with Gasteiger partial charge in [0.25, 0.3) is 0 Å². The van der Waals surface area contributed by atoms with Crippen LogP contribution in [0.3, 0.4) is 0 Å². The molecule has 116 valence electrons. The van der Waals surface area contributed by atoms with Crippen LogP contribution in [0.2, 0.25) is 0 Å². The summed E-state index contributed by atoms with van der Waals surface area (Å²) in [4.78, 5) is 13.9. The van der Waals surface area contributed by atoms with Crippen molar-refractivity contribution in [2.45, 2.75) is 19.1 Å². The number of carbonyl (C=O) groups excluding carboxylic acids is 1. The van der Waals surface area contributed by atoms with Crippen molar-refractivity contribution in [1.29, 1.82) is 0 Å². The fourth-order valence-electron chi connectivity index (χ4n) is 2.11. The van der Waals surface area contributed by atoms with E-state index in [-0.39, 0.29) is 24.4 Å². The maximum absolute atomic E-state index is 12.1. The van der Waals surface area contributed by atoms with Gasteiger partial charge in [-0.1, -0.05) is 18.2 Å². The minimum atomic E-state index is -0.204. The lowest BCUT2D eigenvalue weighted by molar-refractivity contribution is -0.132. The fraction of sp³-hybridized carbons (Fsp3) is 0.400. The zero-order valence-electron chi connectivity index (χ0n) is 12.2. The van der Waals surface area contributed by atoms with Crippen LogP contribution >= 0.6 is 23.7 Å². The molecule has 2 rings (SSSR count). The summed E-state index contributed by atoms with van der Waals surface area (Å²) in [6, 6.07) is 8.25. The SMILES string of the molecule is COC(CN)CC(=O)N(C)Cc1csc2ccccc12.Cl. The van der Waals surface area contributed by atoms with Crippen LogP contribution in [0.15, 0.2) is 29.6 Å². The van der Waals surface area contributed by atoms with E-state index < -0.39 is 0 Å². The van der Waals surface area contributed by atoms with E-state index in [0.717, 1.165) is 0 Å². The Morgan fingerprint density at radius 1 is 1.43 bits per heavy atom. The Morgan fingerprint density at radius 2 is 2.14 bits per heavy atom. The predicted molar refractivity (Wildman–Crippen MR) is 90.0 cm³/mol. The molecule has 1 aromatic heterocycles. The third-order valence-electron chi connectivity index (χ3n) is 3.39. The van der Waals surface area contributed by atoms with Gasteiger partial charge >= 0.3 is 0 Å². The molecule has 2 aromatic rings. The van der Waals surface area contributed by atoms with Crippen LogP contribution in [0.4, 0.5) is 0 Å². The molecule has 1 heterocycles. The number of hydrogen-bond acceptors (Lipinski definition) is 4. The van der Waals surface area contributed by atoms with Gasteiger partial charge in [-0.3, -0.25) is 4.79 Å². The second kappa shape index (κ2) is 8.34. The van der Waals surface area contributed by atoms with Crippen LogP contribution in [0.5, 0.6) is 0 Å². The Labute approximate surface area is 135 Å². The van der Waals surface area contributed by atoms with E-state index in [9.17, 15) is 4.79 Å². The van der Waals surface area contributed by atoms with Gasteiger partial charge in [0.15, 0.2) is 0 Å². The number of benzene rings is 1. The highest BCUT2D eigenvalue weighted by Gasteiger charge is 2.16. The summed E-state index contributed by atoms with van der Waals surface area (Å²) in [5.41, 5.74) is 6.73. The van der Waals surface area contributed by atoms with Crippen LogP contribution in [0.1, 0.15) is 12.0 Å². The van der Waals surface area contributed by atoms with Crippen molar-refractivity contribution >= 4 is 39.7 Å². The molecule has 1 atom stereocenters. The average Bonchev–Trinajstić information content (AvgIpc) is 2.87. The molecule has 0 saturated carbocycles. The van der Waals surface area contributed by atoms with E-state index in [4.69, 9.17) is 10.5 Å². The number of halogens is 1. The highest BCUT2D eigenvalue weighted by Crippen LogP contribution is 2.26. The molecule has 2 N–H and O–H groups in total. The van der Waals surface area contributed by atoms with Gasteiger partial charge in [-0.15, -0.1) is 23.7 Å². The van der Waals surface area contributed by atoms with E-state index >= 15 is 0 Å². The number of rotatable bonds is 6. The zero-order chi connectivity index (χ0) is 14.5. The van der Waals surface area contributed by atoms with Crippen molar-refractivity contribution < 1.29 is 9.53 Å². The van der Waals surface area contributed by atoms with Gasteiger partial charge in [0.2, 0.25) is 5.91 Å². The van der Waals surface area contributed by atoms with Crippen molar-refractivity contribution in [3.63, 3.8) is 0 Å². The fourth-order valence-corrected chi connectivity index (χ4v) is 3.07. The second-order valence-electron chi connectivity index (χ2n) is 4.80. The maximum atomic E-state index is 12.1. The van der Waals surface area contributed by atoms with Crippen molar-refractivity contribution in [2.75, 3.05) is 20.7 Å². The molecule has 0 aliphatic rings. The van der Waals surface area contributed by atoms with Crippen LogP contribution < -0.4 is 5.73 Å². The van der Waals surface area contributed by atoms with Crippen LogP contribution in [-0.2, 0) is 16.1 Å². The van der Waals surface area contributed by atoms with Crippen molar-refractivity contribution in [1.82, 2.24) is 4.90 Å². The van der Waals surface area contributed by atoms with Gasteiger partial charge in [-0.05, 0) is 22.4 Å². The molecule has 0 saturated heterocycles. The predicted octanol–water partition coefficient (Wildman–Crippen LogP) is 2.65. The van der Waals surface area contributed by atoms with E-state index in [0.29, 0.717) is 19.5 Å². The van der Waals surface area contributed by atoms with E-state index in [1.807, 2.05) is 19.2 Å². The summed E-state index contributed by atoms with van der Waals surface area (Å²) in [6.45, 7) is 0.974. The number of thiophene rings is 1. The number of carbonyl (C=O) groups is 1. The first kappa shape index (κ1) is 17.9. The van der Waals surface area contributed by atoms with Crippen LogP contribution in [0, 0.1) is 0 Å². The van der Waals surface area contributed by atoms with Crippen molar-refractivity contribution in [3.05, 3.63) is 35.2 Å². The Bertz CT molecular complexity index is 584. The summed E-state index contributed by atoms with van der Waals surface area (Å²) in [5, 5.41) is 3.34. The Balaban J connectivity index is 0.00000220. The molecule has 0 spiro atoms. The summed E-state index contributed by atoms with van der Waals surface area (Å²) < 4.78 is 6.41. The third kappa shape index (κ3) is 4.41. The zero-order valence-corrected chi connectivity index (χ0v) is 13.9. The number of ether oxygens (including phenoxy) is 1. The summed E-state index contributed by atoms with van der Waals surface area (Å²) in [5.74, 6) is 0.0533. The molecule has 21 heavy (non-hydrogen) atoms. The lowest BCUT2D eigenvalue weighted by Crippen LogP contribution is -2.33. The minimum Gasteiger partial charge on any atom is -0.380 e. The smallest absolute Gasteiger partial charge is 0.225 e. The molecule has 0 bridgehead atoms. The number of hydrogen-bond donors (Lipinski definition) is 1. The van der Waals surface area contributed by atoms with E-state index in [1.54, 1.807) is 23.3 Å². The topological polar surface area (TPSA) is 55.6 Å². The quantitative estimate of drug-likeness (QED) is 0.887. The largest absolute Gasteiger partial charge is 0.380 e. The number of fused-ring (bicyclic) bond motifs is 1. The molecule has 0 fully saturated rings. The lowest BCUT2D eigenvalue weighted by atomic mass is 10.1. The van der Waals surface area contributed by atoms with Gasteiger partial charge in [-0.25, -0.2) is 0 Å². The standard InChI is InChI=1S/C15H20N2O2S.ClH/c1-17(15(18)7-12(8-16)19-2)9-11-10-20-14-6-4-3-5-13(11)14;/h3-6,10,12H,7-9,16H2,1-2H3;1H. The van der Waals surface area contributed by atoms with Gasteiger partial charge in [-0.2, -0.15) is 0 Å². The van der Waals surface area contributed by atoms with Crippen LogP contribution in [0.25, 0.3) is 10.1 Å². The Morgan fingerprint density at radius 3 is 2.81 bits per heavy atom. The Kier molecular flexibility index (Phi) is 7.11.